The SMILES string of the molecule is Cc1nnc(C(=O)NC2(C(=O)N[C@H](C)c3c(F)c(OCC(F)F)c(-c4ccccc4)c(Cl)c3Cl)COC2)o1. The molecule has 2 N–H and O–H groups in total. The lowest BCUT2D eigenvalue weighted by Gasteiger charge is -2.40. The van der Waals surface area contributed by atoms with Crippen molar-refractivity contribution in [2.75, 3.05) is 19.8 Å². The highest BCUT2D eigenvalue weighted by atomic mass is 35.5. The van der Waals surface area contributed by atoms with Crippen LogP contribution in [0.15, 0.2) is 34.7 Å². The summed E-state index contributed by atoms with van der Waals surface area (Å²) in [4.78, 5) is 25.7. The van der Waals surface area contributed by atoms with Crippen LogP contribution < -0.4 is 15.4 Å². The summed E-state index contributed by atoms with van der Waals surface area (Å²) in [5.41, 5.74) is -1.43. The Hall–Kier alpha value is -3.35. The van der Waals surface area contributed by atoms with Crippen LogP contribution in [0.1, 0.15) is 35.1 Å². The van der Waals surface area contributed by atoms with E-state index in [1.807, 2.05) is 0 Å². The summed E-state index contributed by atoms with van der Waals surface area (Å²) >= 11 is 12.9. The van der Waals surface area contributed by atoms with Crippen LogP contribution in [0.4, 0.5) is 13.2 Å². The number of aromatic nitrogens is 2. The molecule has 3 aromatic rings. The number of hydrogen-bond acceptors (Lipinski definition) is 7. The fourth-order valence-electron chi connectivity index (χ4n) is 3.81. The molecule has 4 rings (SSSR count). The topological polar surface area (TPSA) is 116 Å². The summed E-state index contributed by atoms with van der Waals surface area (Å²) in [5.74, 6) is -3.35. The molecule has 9 nitrogen and oxygen atoms in total. The van der Waals surface area contributed by atoms with Gasteiger partial charge in [0.15, 0.2) is 17.1 Å². The summed E-state index contributed by atoms with van der Waals surface area (Å²) < 4.78 is 57.2. The maximum Gasteiger partial charge on any atom is 0.309 e. The number of nitrogens with zero attached hydrogens (tertiary/aromatic N) is 2. The molecule has 202 valence electrons. The minimum atomic E-state index is -2.89. The maximum atomic E-state index is 15.9. The molecule has 2 amide bonds. The zero-order valence-corrected chi connectivity index (χ0v) is 21.5. The van der Waals surface area contributed by atoms with Crippen LogP contribution in [0, 0.1) is 12.7 Å². The highest BCUT2D eigenvalue weighted by molar-refractivity contribution is 6.44. The lowest BCUT2D eigenvalue weighted by molar-refractivity contribution is -0.147. The third kappa shape index (κ3) is 5.42. The first-order chi connectivity index (χ1) is 18.0. The standard InChI is InChI=1S/C24H21Cl2F3N4O5/c1-11(30-23(35)24(9-36-10-24)31-21(34)22-33-32-12(2)38-22)15-17(25)18(26)16(13-6-4-3-5-7-13)20(19(15)29)37-8-14(27)28/h3-7,11,14H,8-10H2,1-2H3,(H,30,35)(H,31,34)/t11-/m1/s1. The summed E-state index contributed by atoms with van der Waals surface area (Å²) in [5, 5.41) is 11.9. The van der Waals surface area contributed by atoms with Crippen molar-refractivity contribution in [1.82, 2.24) is 20.8 Å². The Labute approximate surface area is 224 Å². The van der Waals surface area contributed by atoms with Crippen molar-refractivity contribution in [1.29, 1.82) is 0 Å². The number of amides is 2. The number of ether oxygens (including phenoxy) is 2. The molecule has 1 aliphatic rings. The number of aryl methyl sites for hydroxylation is 1. The van der Waals surface area contributed by atoms with Crippen molar-refractivity contribution < 1.29 is 36.7 Å². The Kier molecular flexibility index (Phi) is 8.14. The molecule has 1 aromatic heterocycles. The Morgan fingerprint density at radius 1 is 1.16 bits per heavy atom. The van der Waals surface area contributed by atoms with Crippen LogP contribution in [0.25, 0.3) is 11.1 Å². The maximum absolute atomic E-state index is 15.9. The van der Waals surface area contributed by atoms with Crippen LogP contribution in [0.3, 0.4) is 0 Å². The van der Waals surface area contributed by atoms with Gasteiger partial charge in [-0.25, -0.2) is 13.2 Å². The number of carbonyl (C=O) groups excluding carboxylic acids is 2. The zero-order valence-electron chi connectivity index (χ0n) is 20.0. The van der Waals surface area contributed by atoms with Gasteiger partial charge >= 0.3 is 11.8 Å². The average Bonchev–Trinajstić information content (AvgIpc) is 3.29. The fourth-order valence-corrected chi connectivity index (χ4v) is 4.45. The van der Waals surface area contributed by atoms with E-state index in [9.17, 15) is 18.4 Å². The van der Waals surface area contributed by atoms with E-state index in [4.69, 9.17) is 37.1 Å². The van der Waals surface area contributed by atoms with E-state index in [1.165, 1.54) is 13.8 Å². The molecule has 0 saturated carbocycles. The van der Waals surface area contributed by atoms with Crippen molar-refractivity contribution >= 4 is 35.0 Å². The Balaban J connectivity index is 1.65. The largest absolute Gasteiger partial charge is 0.484 e. The Morgan fingerprint density at radius 3 is 2.39 bits per heavy atom. The Morgan fingerprint density at radius 2 is 1.84 bits per heavy atom. The lowest BCUT2D eigenvalue weighted by Crippen LogP contribution is -2.70. The van der Waals surface area contributed by atoms with Gasteiger partial charge in [-0.3, -0.25) is 9.59 Å². The van der Waals surface area contributed by atoms with Crippen LogP contribution in [0.2, 0.25) is 10.0 Å². The second kappa shape index (κ2) is 11.2. The van der Waals surface area contributed by atoms with Crippen molar-refractivity contribution in [3.63, 3.8) is 0 Å². The molecule has 0 spiro atoms. The van der Waals surface area contributed by atoms with Gasteiger partial charge in [-0.1, -0.05) is 53.5 Å². The van der Waals surface area contributed by atoms with Crippen LogP contribution in [-0.2, 0) is 9.53 Å². The number of alkyl halides is 2. The molecule has 1 fully saturated rings. The third-order valence-corrected chi connectivity index (χ3v) is 6.58. The van der Waals surface area contributed by atoms with Gasteiger partial charge in [-0.15, -0.1) is 10.2 Å². The molecule has 0 radical (unpaired) electrons. The second-order valence-electron chi connectivity index (χ2n) is 8.48. The summed E-state index contributed by atoms with van der Waals surface area (Å²) in [6, 6.07) is 7.05. The van der Waals surface area contributed by atoms with E-state index >= 15 is 4.39 Å². The molecular weight excluding hydrogens is 552 g/mol. The van der Waals surface area contributed by atoms with E-state index in [-0.39, 0.29) is 46.2 Å². The zero-order chi connectivity index (χ0) is 27.6. The summed E-state index contributed by atoms with van der Waals surface area (Å²) in [7, 11) is 0. The molecule has 14 heteroatoms. The normalized spacial score (nSPS) is 15.1. The smallest absolute Gasteiger partial charge is 0.309 e. The van der Waals surface area contributed by atoms with E-state index in [0.29, 0.717) is 5.56 Å². The van der Waals surface area contributed by atoms with Crippen molar-refractivity contribution in [3.05, 3.63) is 63.5 Å². The number of benzene rings is 2. The van der Waals surface area contributed by atoms with E-state index < -0.39 is 48.0 Å². The van der Waals surface area contributed by atoms with E-state index in [2.05, 4.69) is 20.8 Å². The van der Waals surface area contributed by atoms with Gasteiger partial charge in [-0.2, -0.15) is 0 Å². The first-order valence-electron chi connectivity index (χ1n) is 11.2. The van der Waals surface area contributed by atoms with E-state index in [0.717, 1.165) is 0 Å². The summed E-state index contributed by atoms with van der Waals surface area (Å²) in [6.07, 6.45) is -2.89. The number of nitrogens with one attached hydrogen (secondary N) is 2. The predicted molar refractivity (Wildman–Crippen MR) is 130 cm³/mol. The fraction of sp³-hybridized carbons (Fsp3) is 0.333. The van der Waals surface area contributed by atoms with Gasteiger partial charge in [0.2, 0.25) is 5.89 Å². The van der Waals surface area contributed by atoms with E-state index in [1.54, 1.807) is 30.3 Å². The minimum absolute atomic E-state index is 0.0105. The highest BCUT2D eigenvalue weighted by Gasteiger charge is 2.48. The van der Waals surface area contributed by atoms with Gasteiger partial charge in [0.05, 0.1) is 29.3 Å². The average molecular weight is 573 g/mol. The quantitative estimate of drug-likeness (QED) is 0.362. The van der Waals surface area contributed by atoms with Gasteiger partial charge in [0.25, 0.3) is 12.3 Å². The van der Waals surface area contributed by atoms with Crippen molar-refractivity contribution in [2.24, 2.45) is 0 Å². The number of carbonyl (C=O) groups is 2. The summed E-state index contributed by atoms with van der Waals surface area (Å²) in [6.45, 7) is 1.44. The molecule has 1 aliphatic heterocycles. The first kappa shape index (κ1) is 27.7. The van der Waals surface area contributed by atoms with Crippen molar-refractivity contribution in [2.45, 2.75) is 31.9 Å². The molecule has 0 aliphatic carbocycles. The lowest BCUT2D eigenvalue weighted by atomic mass is 9.94. The molecule has 2 aromatic carbocycles. The Bertz CT molecular complexity index is 1350. The van der Waals surface area contributed by atoms with Gasteiger partial charge in [0, 0.05) is 18.1 Å². The number of rotatable bonds is 9. The predicted octanol–water partition coefficient (Wildman–Crippen LogP) is 4.51. The van der Waals surface area contributed by atoms with Gasteiger partial charge < -0.3 is 24.5 Å². The molecule has 2 heterocycles. The molecule has 0 bridgehead atoms. The number of hydrogen-bond donors (Lipinski definition) is 2. The first-order valence-corrected chi connectivity index (χ1v) is 12.0. The molecule has 1 saturated heterocycles. The molecular formula is C24H21Cl2F3N4O5. The van der Waals surface area contributed by atoms with Crippen LogP contribution >= 0.6 is 23.2 Å². The van der Waals surface area contributed by atoms with Gasteiger partial charge in [-0.05, 0) is 12.5 Å². The number of halogens is 5. The monoisotopic (exact) mass is 572 g/mol. The van der Waals surface area contributed by atoms with Crippen LogP contribution in [0.5, 0.6) is 5.75 Å². The van der Waals surface area contributed by atoms with Crippen molar-refractivity contribution in [3.8, 4) is 16.9 Å². The van der Waals surface area contributed by atoms with Gasteiger partial charge in [0.1, 0.15) is 6.61 Å². The third-order valence-electron chi connectivity index (χ3n) is 5.71. The molecule has 1 atom stereocenters. The second-order valence-corrected chi connectivity index (χ2v) is 9.23. The molecule has 38 heavy (non-hydrogen) atoms. The molecule has 0 unspecified atom stereocenters. The van der Waals surface area contributed by atoms with Crippen LogP contribution in [-0.4, -0.2) is 53.8 Å². The minimum Gasteiger partial charge on any atom is -0.484 e. The highest BCUT2D eigenvalue weighted by Crippen LogP contribution is 2.47.